The predicted octanol–water partition coefficient (Wildman–Crippen LogP) is 2.82. The topological polar surface area (TPSA) is 36.1 Å². The van der Waals surface area contributed by atoms with Crippen molar-refractivity contribution in [1.82, 2.24) is 0 Å². The minimum atomic E-state index is 0.0510. The molecule has 1 atom stereocenters. The largest absolute Gasteiger partial charge is 0.378 e. The molecule has 3 rings (SSSR count). The van der Waals surface area contributed by atoms with Gasteiger partial charge in [-0.05, 0) is 48.5 Å². The van der Waals surface area contributed by atoms with Crippen LogP contribution in [0, 0.1) is 0 Å². The van der Waals surface area contributed by atoms with Gasteiger partial charge in [0.05, 0.1) is 12.7 Å². The summed E-state index contributed by atoms with van der Waals surface area (Å²) in [7, 11) is 6.01. The van der Waals surface area contributed by atoms with Crippen LogP contribution in [0.2, 0.25) is 0 Å². The number of benzene rings is 2. The van der Waals surface area contributed by atoms with Crippen LogP contribution in [0.4, 0.5) is 11.4 Å². The second kappa shape index (κ2) is 6.42. The molecule has 23 heavy (non-hydrogen) atoms. The normalized spacial score (nSPS) is 16.0. The summed E-state index contributed by atoms with van der Waals surface area (Å²) in [5.41, 5.74) is 3.60. The molecule has 1 aliphatic heterocycles. The molecular formula is C19H22N2O2. The van der Waals surface area contributed by atoms with Crippen molar-refractivity contribution in [2.75, 3.05) is 44.1 Å². The zero-order valence-electron chi connectivity index (χ0n) is 13.8. The Hall–Kier alpha value is -2.33. The lowest BCUT2D eigenvalue weighted by Crippen LogP contribution is -2.22. The highest BCUT2D eigenvalue weighted by atomic mass is 16.6. The van der Waals surface area contributed by atoms with Crippen LogP contribution in [-0.2, 0) is 4.74 Å². The number of anilines is 2. The summed E-state index contributed by atoms with van der Waals surface area (Å²) in [6.07, 6.45) is 0.358. The third-order valence-electron chi connectivity index (χ3n) is 4.10. The Morgan fingerprint density at radius 3 is 1.87 bits per heavy atom. The number of hydrogen-bond donors (Lipinski definition) is 0. The van der Waals surface area contributed by atoms with Crippen LogP contribution in [0.1, 0.15) is 15.9 Å². The van der Waals surface area contributed by atoms with E-state index in [0.717, 1.165) is 24.5 Å². The van der Waals surface area contributed by atoms with Gasteiger partial charge in [-0.2, -0.15) is 0 Å². The number of hydrogen-bond acceptors (Lipinski definition) is 4. The Bertz CT molecular complexity index is 674. The molecule has 0 radical (unpaired) electrons. The van der Waals surface area contributed by atoms with Gasteiger partial charge >= 0.3 is 0 Å². The smallest absolute Gasteiger partial charge is 0.193 e. The summed E-state index contributed by atoms with van der Waals surface area (Å²) < 4.78 is 5.25. The molecule has 0 saturated carbocycles. The van der Waals surface area contributed by atoms with E-state index < -0.39 is 0 Å². The number of nitrogens with zero attached hydrogens (tertiary/aromatic N) is 2. The Morgan fingerprint density at radius 1 is 0.957 bits per heavy atom. The third kappa shape index (κ3) is 3.71. The first-order chi connectivity index (χ1) is 11.0. The van der Waals surface area contributed by atoms with Crippen LogP contribution in [0.3, 0.4) is 0 Å². The highest BCUT2D eigenvalue weighted by Gasteiger charge is 2.24. The molecule has 1 fully saturated rings. The maximum absolute atomic E-state index is 12.5. The van der Waals surface area contributed by atoms with Gasteiger partial charge in [0, 0.05) is 50.2 Å². The van der Waals surface area contributed by atoms with Crippen LogP contribution in [-0.4, -0.2) is 46.2 Å². The van der Waals surface area contributed by atoms with Crippen molar-refractivity contribution in [3.05, 3.63) is 59.7 Å². The summed E-state index contributed by atoms with van der Waals surface area (Å²) >= 11 is 0. The molecule has 0 aromatic heterocycles. The highest BCUT2D eigenvalue weighted by molar-refractivity contribution is 6.09. The van der Waals surface area contributed by atoms with E-state index in [9.17, 15) is 4.79 Å². The summed E-state index contributed by atoms with van der Waals surface area (Å²) in [5.74, 6) is 0.0510. The van der Waals surface area contributed by atoms with E-state index in [2.05, 4.69) is 4.90 Å². The van der Waals surface area contributed by atoms with Crippen LogP contribution < -0.4 is 9.80 Å². The van der Waals surface area contributed by atoms with Crippen molar-refractivity contribution < 1.29 is 9.53 Å². The molecule has 1 saturated heterocycles. The molecule has 4 nitrogen and oxygen atoms in total. The molecule has 0 aliphatic carbocycles. The Balaban J connectivity index is 1.71. The quantitative estimate of drug-likeness (QED) is 0.607. The maximum atomic E-state index is 12.5. The number of likely N-dealkylation sites (N-methyl/N-ethyl adjacent to an activating group) is 1. The SMILES string of the molecule is CN(C)c1ccc(C(=O)c2ccc(N(C)CC3CO3)cc2)cc1. The monoisotopic (exact) mass is 310 g/mol. The van der Waals surface area contributed by atoms with Crippen LogP contribution in [0.25, 0.3) is 0 Å². The van der Waals surface area contributed by atoms with Gasteiger partial charge in [0.25, 0.3) is 0 Å². The van der Waals surface area contributed by atoms with Gasteiger partial charge < -0.3 is 14.5 Å². The zero-order chi connectivity index (χ0) is 16.4. The van der Waals surface area contributed by atoms with Gasteiger partial charge in [-0.1, -0.05) is 0 Å². The fourth-order valence-electron chi connectivity index (χ4n) is 2.53. The number of carbonyl (C=O) groups excluding carboxylic acids is 1. The fourth-order valence-corrected chi connectivity index (χ4v) is 2.53. The van der Waals surface area contributed by atoms with Crippen molar-refractivity contribution >= 4 is 17.2 Å². The van der Waals surface area contributed by atoms with E-state index in [-0.39, 0.29) is 5.78 Å². The number of rotatable bonds is 6. The molecule has 120 valence electrons. The van der Waals surface area contributed by atoms with Gasteiger partial charge in [-0.15, -0.1) is 0 Å². The summed E-state index contributed by atoms with van der Waals surface area (Å²) in [4.78, 5) is 16.7. The molecule has 0 spiro atoms. The zero-order valence-corrected chi connectivity index (χ0v) is 13.8. The average Bonchev–Trinajstić information content (AvgIpc) is 3.38. The van der Waals surface area contributed by atoms with Crippen LogP contribution >= 0.6 is 0 Å². The first kappa shape index (κ1) is 15.6. The predicted molar refractivity (Wildman–Crippen MR) is 93.7 cm³/mol. The molecule has 2 aromatic rings. The van der Waals surface area contributed by atoms with Gasteiger partial charge in [0.2, 0.25) is 0 Å². The summed E-state index contributed by atoms with van der Waals surface area (Å²) in [6.45, 7) is 1.74. The summed E-state index contributed by atoms with van der Waals surface area (Å²) in [6, 6.07) is 15.4. The number of carbonyl (C=O) groups is 1. The van der Waals surface area contributed by atoms with Gasteiger partial charge in [0.1, 0.15) is 0 Å². The number of ether oxygens (including phenoxy) is 1. The highest BCUT2D eigenvalue weighted by Crippen LogP contribution is 2.20. The van der Waals surface area contributed by atoms with E-state index in [0.29, 0.717) is 17.2 Å². The minimum Gasteiger partial charge on any atom is -0.378 e. The molecular weight excluding hydrogens is 288 g/mol. The molecule has 1 aliphatic rings. The van der Waals surface area contributed by atoms with Crippen LogP contribution in [0.5, 0.6) is 0 Å². The molecule has 4 heteroatoms. The second-order valence-corrected chi connectivity index (χ2v) is 6.15. The Morgan fingerprint density at radius 2 is 1.43 bits per heavy atom. The van der Waals surface area contributed by atoms with E-state index in [1.165, 1.54) is 0 Å². The van der Waals surface area contributed by atoms with Crippen molar-refractivity contribution in [3.63, 3.8) is 0 Å². The number of epoxide rings is 1. The molecule has 0 bridgehead atoms. The summed E-state index contributed by atoms with van der Waals surface area (Å²) in [5, 5.41) is 0. The van der Waals surface area contributed by atoms with E-state index in [1.807, 2.05) is 74.6 Å². The van der Waals surface area contributed by atoms with Gasteiger partial charge in [0.15, 0.2) is 5.78 Å². The lowest BCUT2D eigenvalue weighted by atomic mass is 10.0. The van der Waals surface area contributed by atoms with Crippen LogP contribution in [0.15, 0.2) is 48.5 Å². The maximum Gasteiger partial charge on any atom is 0.193 e. The Labute approximate surface area is 137 Å². The van der Waals surface area contributed by atoms with Crippen molar-refractivity contribution in [2.24, 2.45) is 0 Å². The van der Waals surface area contributed by atoms with E-state index >= 15 is 0 Å². The first-order valence-corrected chi connectivity index (χ1v) is 7.79. The van der Waals surface area contributed by atoms with Crippen molar-refractivity contribution in [3.8, 4) is 0 Å². The first-order valence-electron chi connectivity index (χ1n) is 7.79. The van der Waals surface area contributed by atoms with E-state index in [1.54, 1.807) is 0 Å². The molecule has 0 amide bonds. The minimum absolute atomic E-state index is 0.0510. The Kier molecular flexibility index (Phi) is 4.35. The fraction of sp³-hybridized carbons (Fsp3) is 0.316. The lowest BCUT2D eigenvalue weighted by molar-refractivity contribution is 0.103. The second-order valence-electron chi connectivity index (χ2n) is 6.15. The average molecular weight is 310 g/mol. The molecule has 2 aromatic carbocycles. The molecule has 1 heterocycles. The van der Waals surface area contributed by atoms with Crippen molar-refractivity contribution in [1.29, 1.82) is 0 Å². The van der Waals surface area contributed by atoms with Gasteiger partial charge in [-0.25, -0.2) is 0 Å². The molecule has 0 N–H and O–H groups in total. The lowest BCUT2D eigenvalue weighted by Gasteiger charge is -2.18. The third-order valence-corrected chi connectivity index (χ3v) is 4.10. The van der Waals surface area contributed by atoms with Gasteiger partial charge in [-0.3, -0.25) is 4.79 Å². The van der Waals surface area contributed by atoms with Crippen molar-refractivity contribution in [2.45, 2.75) is 6.10 Å². The standard InChI is InChI=1S/C19H22N2O2/c1-20(2)16-8-4-14(5-9-16)19(22)15-6-10-17(11-7-15)21(3)12-18-13-23-18/h4-11,18H,12-13H2,1-3H3. The van der Waals surface area contributed by atoms with E-state index in [4.69, 9.17) is 4.74 Å². The molecule has 1 unspecified atom stereocenters. The number of ketones is 1.